The van der Waals surface area contributed by atoms with Gasteiger partial charge in [-0.3, -0.25) is 0 Å². The van der Waals surface area contributed by atoms with Crippen LogP contribution >= 0.6 is 0 Å². The molecule has 0 saturated carbocycles. The summed E-state index contributed by atoms with van der Waals surface area (Å²) in [6, 6.07) is 0.308. The van der Waals surface area contributed by atoms with E-state index in [9.17, 15) is 13.2 Å². The average molecular weight is 223 g/mol. The fourth-order valence-electron chi connectivity index (χ4n) is 0.897. The highest BCUT2D eigenvalue weighted by atomic mass is 19.4. The van der Waals surface area contributed by atoms with Crippen LogP contribution < -0.4 is 5.32 Å². The molecule has 1 fully saturated rings. The Morgan fingerprint density at radius 1 is 1.60 bits per heavy atom. The predicted molar refractivity (Wildman–Crippen MR) is 48.1 cm³/mol. The molecule has 1 rings (SSSR count). The van der Waals surface area contributed by atoms with Crippen molar-refractivity contribution >= 4 is 5.97 Å². The Morgan fingerprint density at radius 2 is 2.00 bits per heavy atom. The summed E-state index contributed by atoms with van der Waals surface area (Å²) in [6.45, 7) is 5.41. The van der Waals surface area contributed by atoms with Crippen LogP contribution in [-0.2, 0) is 4.79 Å². The summed E-state index contributed by atoms with van der Waals surface area (Å²) < 4.78 is 31.7. The van der Waals surface area contributed by atoms with Gasteiger partial charge in [-0.1, -0.05) is 19.8 Å². The summed E-state index contributed by atoms with van der Waals surface area (Å²) >= 11 is 0. The molecule has 3 nitrogen and oxygen atoms in total. The highest BCUT2D eigenvalue weighted by Gasteiger charge is 2.38. The van der Waals surface area contributed by atoms with Gasteiger partial charge in [0.25, 0.3) is 0 Å². The fraction of sp³-hybridized carbons (Fsp3) is 0.667. The minimum absolute atomic E-state index is 0.308. The number of carboxylic acids is 1. The van der Waals surface area contributed by atoms with E-state index in [2.05, 4.69) is 25.1 Å². The number of carbonyl (C=O) groups is 1. The summed E-state index contributed by atoms with van der Waals surface area (Å²) in [6.07, 6.45) is 0.114. The lowest BCUT2D eigenvalue weighted by molar-refractivity contribution is -0.192. The molecule has 6 heteroatoms. The van der Waals surface area contributed by atoms with E-state index in [1.54, 1.807) is 0 Å². The van der Waals surface area contributed by atoms with E-state index in [4.69, 9.17) is 16.3 Å². The number of nitrogens with one attached hydrogen (secondary N) is 1. The average Bonchev–Trinajstić information content (AvgIpc) is 2.02. The Labute approximate surface area is 85.7 Å². The summed E-state index contributed by atoms with van der Waals surface area (Å²) in [5.74, 6) is -0.0764. The number of carboxylic acid groups (broad SMARTS) is 1. The van der Waals surface area contributed by atoms with Crippen molar-refractivity contribution in [3.63, 3.8) is 0 Å². The molecule has 0 spiro atoms. The molecule has 0 aromatic heterocycles. The molecule has 1 aliphatic rings. The summed E-state index contributed by atoms with van der Waals surface area (Å²) in [5, 5.41) is 10.3. The quantitative estimate of drug-likeness (QED) is 0.608. The Hall–Kier alpha value is -1.22. The Morgan fingerprint density at radius 3 is 2.00 bits per heavy atom. The Bertz CT molecular complexity index is 278. The summed E-state index contributed by atoms with van der Waals surface area (Å²) in [5.41, 5.74) is 0.342. The smallest absolute Gasteiger partial charge is 0.475 e. The molecule has 1 saturated heterocycles. The number of hydrogen-bond donors (Lipinski definition) is 2. The van der Waals surface area contributed by atoms with E-state index in [-0.39, 0.29) is 0 Å². The van der Waals surface area contributed by atoms with Crippen LogP contribution in [-0.4, -0.2) is 29.8 Å². The van der Waals surface area contributed by atoms with E-state index in [0.717, 1.165) is 6.54 Å². The van der Waals surface area contributed by atoms with Crippen molar-refractivity contribution in [1.82, 2.24) is 5.32 Å². The van der Waals surface area contributed by atoms with E-state index in [1.807, 2.05) is 0 Å². The van der Waals surface area contributed by atoms with E-state index < -0.39 is 12.1 Å². The van der Waals surface area contributed by atoms with Crippen LogP contribution in [0.3, 0.4) is 0 Å². The largest absolute Gasteiger partial charge is 0.490 e. The van der Waals surface area contributed by atoms with Crippen molar-refractivity contribution in [1.29, 1.82) is 0 Å². The van der Waals surface area contributed by atoms with Gasteiger partial charge < -0.3 is 10.4 Å². The van der Waals surface area contributed by atoms with Crippen LogP contribution in [0.15, 0.2) is 0 Å². The fourth-order valence-corrected chi connectivity index (χ4v) is 0.897. The molecule has 0 bridgehead atoms. The van der Waals surface area contributed by atoms with Gasteiger partial charge in [0.15, 0.2) is 0 Å². The second-order valence-electron chi connectivity index (χ2n) is 3.77. The van der Waals surface area contributed by atoms with Gasteiger partial charge in [0.2, 0.25) is 0 Å². The molecular weight excluding hydrogens is 211 g/mol. The van der Waals surface area contributed by atoms with Crippen molar-refractivity contribution in [2.75, 3.05) is 6.54 Å². The van der Waals surface area contributed by atoms with Gasteiger partial charge in [0.05, 0.1) is 6.04 Å². The van der Waals surface area contributed by atoms with Gasteiger partial charge in [-0.25, -0.2) is 4.79 Å². The second kappa shape index (κ2) is 4.53. The third-order valence-electron chi connectivity index (χ3n) is 1.95. The Kier molecular flexibility index (Phi) is 4.16. The van der Waals surface area contributed by atoms with Gasteiger partial charge in [-0.2, -0.15) is 13.2 Å². The standard InChI is InChI=1S/C7H11N.C2HF3O2/c1-4-6-7(2,3)5-8-6;3-2(4,5)1(6)7/h1,6,8H,5H2,2-3H3;(H,6,7). The molecule has 0 amide bonds. The molecule has 1 unspecified atom stereocenters. The van der Waals surface area contributed by atoms with E-state index in [0.29, 0.717) is 11.5 Å². The Balaban J connectivity index is 0.000000265. The summed E-state index contributed by atoms with van der Waals surface area (Å²) in [4.78, 5) is 8.90. The minimum atomic E-state index is -5.08. The van der Waals surface area contributed by atoms with Crippen molar-refractivity contribution in [2.45, 2.75) is 26.1 Å². The number of halogens is 3. The maximum atomic E-state index is 10.6. The van der Waals surface area contributed by atoms with Crippen molar-refractivity contribution in [2.24, 2.45) is 5.41 Å². The molecule has 1 aliphatic heterocycles. The molecule has 15 heavy (non-hydrogen) atoms. The molecular formula is C9H12F3NO2. The second-order valence-corrected chi connectivity index (χ2v) is 3.77. The van der Waals surface area contributed by atoms with Crippen LogP contribution in [0, 0.1) is 17.8 Å². The zero-order chi connectivity index (χ0) is 12.3. The van der Waals surface area contributed by atoms with Crippen LogP contribution in [0.25, 0.3) is 0 Å². The maximum Gasteiger partial charge on any atom is 0.490 e. The molecule has 1 heterocycles. The van der Waals surface area contributed by atoms with Gasteiger partial charge in [-0.15, -0.1) is 6.42 Å². The lowest BCUT2D eigenvalue weighted by Gasteiger charge is -2.42. The molecule has 0 radical (unpaired) electrons. The number of terminal acetylenes is 1. The lowest BCUT2D eigenvalue weighted by atomic mass is 9.78. The van der Waals surface area contributed by atoms with Gasteiger partial charge >= 0.3 is 12.1 Å². The van der Waals surface area contributed by atoms with Crippen molar-refractivity contribution in [3.05, 3.63) is 0 Å². The maximum absolute atomic E-state index is 10.6. The predicted octanol–water partition coefficient (Wildman–Crippen LogP) is 1.25. The first-order valence-corrected chi connectivity index (χ1v) is 4.11. The monoisotopic (exact) mass is 223 g/mol. The molecule has 0 aromatic carbocycles. The number of rotatable bonds is 0. The first-order valence-electron chi connectivity index (χ1n) is 4.11. The van der Waals surface area contributed by atoms with Gasteiger partial charge in [-0.05, 0) is 0 Å². The zero-order valence-electron chi connectivity index (χ0n) is 8.35. The number of hydrogen-bond acceptors (Lipinski definition) is 2. The highest BCUT2D eigenvalue weighted by Crippen LogP contribution is 2.26. The first-order chi connectivity index (χ1) is 6.61. The molecule has 2 N–H and O–H groups in total. The third-order valence-corrected chi connectivity index (χ3v) is 1.95. The first kappa shape index (κ1) is 13.8. The topological polar surface area (TPSA) is 49.3 Å². The SMILES string of the molecule is C#CC1NCC1(C)C.O=C(O)C(F)(F)F. The van der Waals surface area contributed by atoms with Crippen molar-refractivity contribution < 1.29 is 23.1 Å². The van der Waals surface area contributed by atoms with Crippen LogP contribution in [0.4, 0.5) is 13.2 Å². The van der Waals surface area contributed by atoms with E-state index in [1.165, 1.54) is 0 Å². The van der Waals surface area contributed by atoms with Gasteiger partial charge in [0, 0.05) is 12.0 Å². The molecule has 86 valence electrons. The lowest BCUT2D eigenvalue weighted by Crippen LogP contribution is -2.58. The molecule has 0 aromatic rings. The van der Waals surface area contributed by atoms with Crippen LogP contribution in [0.5, 0.6) is 0 Å². The van der Waals surface area contributed by atoms with Crippen molar-refractivity contribution in [3.8, 4) is 12.3 Å². The zero-order valence-corrected chi connectivity index (χ0v) is 8.35. The normalized spacial score (nSPS) is 22.8. The van der Waals surface area contributed by atoms with Crippen LogP contribution in [0.1, 0.15) is 13.8 Å². The number of aliphatic carboxylic acids is 1. The highest BCUT2D eigenvalue weighted by molar-refractivity contribution is 5.73. The third kappa shape index (κ3) is 4.21. The van der Waals surface area contributed by atoms with E-state index >= 15 is 0 Å². The minimum Gasteiger partial charge on any atom is -0.475 e. The molecule has 1 atom stereocenters. The molecule has 0 aliphatic carbocycles. The van der Waals surface area contributed by atoms with Crippen LogP contribution in [0.2, 0.25) is 0 Å². The number of alkyl halides is 3. The summed E-state index contributed by atoms with van der Waals surface area (Å²) in [7, 11) is 0. The van der Waals surface area contributed by atoms with Gasteiger partial charge in [0.1, 0.15) is 0 Å².